The van der Waals surface area contributed by atoms with Gasteiger partial charge in [0.2, 0.25) is 5.91 Å². The Balaban J connectivity index is 0. The van der Waals surface area contributed by atoms with Crippen molar-refractivity contribution >= 4 is 5.91 Å². The van der Waals surface area contributed by atoms with Crippen molar-refractivity contribution in [2.45, 2.75) is 110 Å². The molecule has 0 aliphatic heterocycles. The second-order valence-corrected chi connectivity index (χ2v) is 6.36. The third-order valence-corrected chi connectivity index (χ3v) is 4.20. The van der Waals surface area contributed by atoms with E-state index < -0.39 is 0 Å². The summed E-state index contributed by atoms with van der Waals surface area (Å²) in [5.41, 5.74) is 0. The standard InChI is InChI=1S/C19H36N2O.Mn/c1-2-3-4-5-6-7-8-9-10-11-12-13-14-15-16-17-19(22)21-18-20;/h2-17H2,1H3,(H,21,22);. The molecule has 135 valence electrons. The number of carbonyl (C=O) groups excluding carboxylic acids is 1. The molecule has 0 aromatic rings. The number of nitrogens with one attached hydrogen (secondary N) is 1. The largest absolute Gasteiger partial charge is 0.274 e. The molecule has 1 radical (unpaired) electrons. The average Bonchev–Trinajstić information content (AvgIpc) is 2.51. The van der Waals surface area contributed by atoms with Gasteiger partial charge < -0.3 is 0 Å². The molecule has 0 spiro atoms. The molecule has 0 saturated heterocycles. The zero-order valence-corrected chi connectivity index (χ0v) is 16.2. The summed E-state index contributed by atoms with van der Waals surface area (Å²) in [6, 6.07) is 0. The van der Waals surface area contributed by atoms with E-state index in [2.05, 4.69) is 12.2 Å². The van der Waals surface area contributed by atoms with E-state index in [9.17, 15) is 4.79 Å². The van der Waals surface area contributed by atoms with Crippen LogP contribution in [0.4, 0.5) is 0 Å². The SMILES string of the molecule is CCCCCCCCCCCCCCCCCC(=O)NC#N.[Mn]. The molecule has 4 heteroatoms. The van der Waals surface area contributed by atoms with Crippen molar-refractivity contribution in [2.75, 3.05) is 0 Å². The first-order valence-corrected chi connectivity index (χ1v) is 9.49. The van der Waals surface area contributed by atoms with Crippen molar-refractivity contribution < 1.29 is 21.9 Å². The van der Waals surface area contributed by atoms with Crippen LogP contribution in [0.3, 0.4) is 0 Å². The smallest absolute Gasteiger partial charge is 0.232 e. The summed E-state index contributed by atoms with van der Waals surface area (Å²) >= 11 is 0. The van der Waals surface area contributed by atoms with Gasteiger partial charge in [-0.1, -0.05) is 96.8 Å². The van der Waals surface area contributed by atoms with Gasteiger partial charge in [-0.05, 0) is 6.42 Å². The summed E-state index contributed by atoms with van der Waals surface area (Å²) in [7, 11) is 0. The first kappa shape index (κ1) is 24.7. The van der Waals surface area contributed by atoms with E-state index in [1.807, 2.05) is 0 Å². The van der Waals surface area contributed by atoms with Crippen molar-refractivity contribution in [1.29, 1.82) is 5.26 Å². The van der Waals surface area contributed by atoms with E-state index >= 15 is 0 Å². The molecule has 0 fully saturated rings. The molecule has 0 atom stereocenters. The Labute approximate surface area is 154 Å². The molecule has 0 aromatic heterocycles. The molecule has 0 saturated carbocycles. The van der Waals surface area contributed by atoms with Gasteiger partial charge in [0.1, 0.15) is 0 Å². The number of hydrogen-bond donors (Lipinski definition) is 1. The molecule has 0 aromatic carbocycles. The number of hydrogen-bond acceptors (Lipinski definition) is 2. The summed E-state index contributed by atoms with van der Waals surface area (Å²) in [5.74, 6) is -0.141. The van der Waals surface area contributed by atoms with Crippen LogP contribution in [0.1, 0.15) is 110 Å². The third kappa shape index (κ3) is 21.5. The molecule has 0 bridgehead atoms. The maximum Gasteiger partial charge on any atom is 0.232 e. The zero-order chi connectivity index (χ0) is 16.3. The molecule has 0 aliphatic carbocycles. The van der Waals surface area contributed by atoms with Gasteiger partial charge in [0.25, 0.3) is 0 Å². The predicted molar refractivity (Wildman–Crippen MR) is 93.3 cm³/mol. The minimum absolute atomic E-state index is 0. The van der Waals surface area contributed by atoms with E-state index in [0.717, 1.165) is 12.8 Å². The van der Waals surface area contributed by atoms with Crippen LogP contribution in [-0.4, -0.2) is 5.91 Å². The Morgan fingerprint density at radius 1 is 0.739 bits per heavy atom. The van der Waals surface area contributed by atoms with Crippen LogP contribution in [0.5, 0.6) is 0 Å². The van der Waals surface area contributed by atoms with Crippen LogP contribution in [0.25, 0.3) is 0 Å². The second-order valence-electron chi connectivity index (χ2n) is 6.36. The number of nitriles is 1. The maximum absolute atomic E-state index is 11.0. The molecule has 0 unspecified atom stereocenters. The van der Waals surface area contributed by atoms with Crippen LogP contribution >= 0.6 is 0 Å². The van der Waals surface area contributed by atoms with E-state index in [1.54, 1.807) is 6.19 Å². The Bertz CT molecular complexity index is 290. The number of amides is 1. The van der Waals surface area contributed by atoms with Gasteiger partial charge in [0.05, 0.1) is 0 Å². The number of nitrogens with zero attached hydrogens (tertiary/aromatic N) is 1. The normalized spacial score (nSPS) is 9.91. The van der Waals surface area contributed by atoms with Crippen LogP contribution in [0, 0.1) is 11.5 Å². The van der Waals surface area contributed by atoms with Crippen molar-refractivity contribution in [3.8, 4) is 6.19 Å². The fourth-order valence-electron chi connectivity index (χ4n) is 2.78. The number of unbranched alkanes of at least 4 members (excludes halogenated alkanes) is 14. The number of carbonyl (C=O) groups is 1. The van der Waals surface area contributed by atoms with Crippen LogP contribution in [0.15, 0.2) is 0 Å². The summed E-state index contributed by atoms with van der Waals surface area (Å²) in [6.45, 7) is 2.27. The first-order valence-electron chi connectivity index (χ1n) is 9.49. The third-order valence-electron chi connectivity index (χ3n) is 4.20. The zero-order valence-electron chi connectivity index (χ0n) is 15.0. The quantitative estimate of drug-likeness (QED) is 0.162. The van der Waals surface area contributed by atoms with E-state index in [1.165, 1.54) is 83.5 Å². The van der Waals surface area contributed by atoms with E-state index in [-0.39, 0.29) is 23.0 Å². The van der Waals surface area contributed by atoms with Gasteiger partial charge in [0.15, 0.2) is 6.19 Å². The van der Waals surface area contributed by atoms with Crippen molar-refractivity contribution in [3.63, 3.8) is 0 Å². The minimum atomic E-state index is -0.141. The molecule has 0 heterocycles. The Morgan fingerprint density at radius 2 is 1.09 bits per heavy atom. The first-order chi connectivity index (χ1) is 10.8. The van der Waals surface area contributed by atoms with Gasteiger partial charge in [-0.25, -0.2) is 0 Å². The van der Waals surface area contributed by atoms with Gasteiger partial charge in [0, 0.05) is 23.5 Å². The van der Waals surface area contributed by atoms with Gasteiger partial charge in [-0.2, -0.15) is 5.26 Å². The van der Waals surface area contributed by atoms with Gasteiger partial charge >= 0.3 is 0 Å². The second kappa shape index (κ2) is 21.5. The Hall–Kier alpha value is -0.521. The molecule has 3 nitrogen and oxygen atoms in total. The molecule has 0 rings (SSSR count). The van der Waals surface area contributed by atoms with Crippen LogP contribution in [0.2, 0.25) is 0 Å². The summed E-state index contributed by atoms with van der Waals surface area (Å²) in [5, 5.41) is 10.4. The van der Waals surface area contributed by atoms with E-state index in [4.69, 9.17) is 5.26 Å². The summed E-state index contributed by atoms with van der Waals surface area (Å²) in [6.07, 6.45) is 22.1. The van der Waals surface area contributed by atoms with Crippen LogP contribution < -0.4 is 5.32 Å². The summed E-state index contributed by atoms with van der Waals surface area (Å²) in [4.78, 5) is 11.0. The average molecular weight is 363 g/mol. The molecule has 1 N–H and O–H groups in total. The monoisotopic (exact) mass is 363 g/mol. The summed E-state index contributed by atoms with van der Waals surface area (Å²) < 4.78 is 0. The molecule has 0 aliphatic rings. The van der Waals surface area contributed by atoms with Crippen molar-refractivity contribution in [2.24, 2.45) is 0 Å². The fourth-order valence-corrected chi connectivity index (χ4v) is 2.78. The predicted octanol–water partition coefficient (Wildman–Crippen LogP) is 5.84. The fraction of sp³-hybridized carbons (Fsp3) is 0.895. The van der Waals surface area contributed by atoms with Gasteiger partial charge in [-0.15, -0.1) is 0 Å². The molecule has 23 heavy (non-hydrogen) atoms. The van der Waals surface area contributed by atoms with Crippen LogP contribution in [-0.2, 0) is 21.9 Å². The topological polar surface area (TPSA) is 52.9 Å². The molecular weight excluding hydrogens is 327 g/mol. The number of rotatable bonds is 16. The molecule has 1 amide bonds. The minimum Gasteiger partial charge on any atom is -0.274 e. The van der Waals surface area contributed by atoms with Gasteiger partial charge in [-0.3, -0.25) is 10.1 Å². The van der Waals surface area contributed by atoms with E-state index in [0.29, 0.717) is 6.42 Å². The maximum atomic E-state index is 11.0. The Kier molecular flexibility index (Phi) is 23.1. The van der Waals surface area contributed by atoms with Crippen molar-refractivity contribution in [3.05, 3.63) is 0 Å². The molecular formula is C19H36MnN2O. The van der Waals surface area contributed by atoms with Crippen molar-refractivity contribution in [1.82, 2.24) is 5.32 Å². The Morgan fingerprint density at radius 3 is 1.43 bits per heavy atom.